The van der Waals surface area contributed by atoms with Crippen molar-refractivity contribution in [3.05, 3.63) is 48.1 Å². The first-order valence-electron chi connectivity index (χ1n) is 4.12. The van der Waals surface area contributed by atoms with E-state index in [2.05, 4.69) is 15.0 Å². The number of pyridine rings is 1. The largest absolute Gasteiger partial charge is 0.347 e. The topological polar surface area (TPSA) is 67.6 Å². The maximum Gasteiger partial charge on any atom is 0.141 e. The van der Waals surface area contributed by atoms with Crippen LogP contribution in [0.3, 0.4) is 0 Å². The van der Waals surface area contributed by atoms with E-state index in [4.69, 9.17) is 5.73 Å². The highest BCUT2D eigenvalue weighted by Gasteiger charge is 2.11. The summed E-state index contributed by atoms with van der Waals surface area (Å²) in [7, 11) is 0. The molecule has 2 heterocycles. The van der Waals surface area contributed by atoms with Gasteiger partial charge in [0.1, 0.15) is 11.6 Å². The molecule has 0 spiro atoms. The normalized spacial score (nSPS) is 12.7. The van der Waals surface area contributed by atoms with Crippen LogP contribution in [0.1, 0.15) is 17.4 Å². The van der Waals surface area contributed by atoms with Gasteiger partial charge in [-0.3, -0.25) is 4.98 Å². The Balaban J connectivity index is 2.32. The lowest BCUT2D eigenvalue weighted by Gasteiger charge is -2.07. The molecule has 5 heteroatoms. The minimum Gasteiger partial charge on any atom is -0.347 e. The van der Waals surface area contributed by atoms with Crippen LogP contribution in [0.2, 0.25) is 0 Å². The summed E-state index contributed by atoms with van der Waals surface area (Å²) < 4.78 is 12.8. The van der Waals surface area contributed by atoms with Crippen molar-refractivity contribution in [1.82, 2.24) is 15.0 Å². The van der Waals surface area contributed by atoms with E-state index >= 15 is 0 Å². The lowest BCUT2D eigenvalue weighted by molar-refractivity contribution is 0.615. The molecule has 4 nitrogen and oxygen atoms in total. The summed E-state index contributed by atoms with van der Waals surface area (Å²) in [6, 6.07) is 0.883. The van der Waals surface area contributed by atoms with E-state index < -0.39 is 11.9 Å². The maximum atomic E-state index is 12.8. The zero-order chi connectivity index (χ0) is 9.97. The van der Waals surface area contributed by atoms with E-state index in [1.165, 1.54) is 12.3 Å². The summed E-state index contributed by atoms with van der Waals surface area (Å²) in [4.78, 5) is 10.6. The molecule has 0 fully saturated rings. The fourth-order valence-electron chi connectivity index (χ4n) is 1.20. The lowest BCUT2D eigenvalue weighted by Crippen LogP contribution is -2.14. The Morgan fingerprint density at radius 3 is 2.93 bits per heavy atom. The van der Waals surface area contributed by atoms with E-state index in [0.717, 1.165) is 6.20 Å². The predicted molar refractivity (Wildman–Crippen MR) is 48.8 cm³/mol. The number of aromatic amines is 1. The van der Waals surface area contributed by atoms with Gasteiger partial charge in [0, 0.05) is 18.6 Å². The van der Waals surface area contributed by atoms with Crippen molar-refractivity contribution in [2.75, 3.05) is 0 Å². The third-order valence-electron chi connectivity index (χ3n) is 1.90. The summed E-state index contributed by atoms with van der Waals surface area (Å²) in [6.07, 6.45) is 5.93. The molecule has 0 saturated carbocycles. The summed E-state index contributed by atoms with van der Waals surface area (Å²) in [5, 5.41) is 0. The number of imidazole rings is 1. The van der Waals surface area contributed by atoms with Crippen molar-refractivity contribution < 1.29 is 4.39 Å². The molecule has 0 aliphatic rings. The second kappa shape index (κ2) is 3.55. The van der Waals surface area contributed by atoms with E-state index in [1.54, 1.807) is 12.4 Å². The average Bonchev–Trinajstić information content (AvgIpc) is 2.69. The molecule has 0 aromatic carbocycles. The highest BCUT2D eigenvalue weighted by Crippen LogP contribution is 2.15. The third kappa shape index (κ3) is 1.62. The third-order valence-corrected chi connectivity index (χ3v) is 1.90. The number of halogens is 1. The molecular weight excluding hydrogens is 183 g/mol. The number of aromatic nitrogens is 3. The number of rotatable bonds is 2. The molecule has 2 rings (SSSR count). The quantitative estimate of drug-likeness (QED) is 0.745. The van der Waals surface area contributed by atoms with Crippen LogP contribution in [-0.4, -0.2) is 15.0 Å². The Bertz CT molecular complexity index is 413. The van der Waals surface area contributed by atoms with Gasteiger partial charge in [-0.25, -0.2) is 9.37 Å². The monoisotopic (exact) mass is 192 g/mol. The minimum atomic E-state index is -0.465. The van der Waals surface area contributed by atoms with E-state index in [9.17, 15) is 4.39 Å². The summed E-state index contributed by atoms with van der Waals surface area (Å²) >= 11 is 0. The molecule has 2 aromatic rings. The van der Waals surface area contributed by atoms with Crippen LogP contribution in [0.15, 0.2) is 30.9 Å². The van der Waals surface area contributed by atoms with Gasteiger partial charge < -0.3 is 10.7 Å². The zero-order valence-electron chi connectivity index (χ0n) is 7.31. The van der Waals surface area contributed by atoms with Crippen LogP contribution >= 0.6 is 0 Å². The Morgan fingerprint density at radius 2 is 2.29 bits per heavy atom. The zero-order valence-corrected chi connectivity index (χ0v) is 7.31. The highest BCUT2D eigenvalue weighted by atomic mass is 19.1. The SMILES string of the molecule is NC(c1cncc(F)c1)c1ncc[nH]1. The lowest BCUT2D eigenvalue weighted by atomic mass is 10.1. The Kier molecular flexibility index (Phi) is 2.24. The van der Waals surface area contributed by atoms with Gasteiger partial charge in [0.25, 0.3) is 0 Å². The van der Waals surface area contributed by atoms with Crippen LogP contribution in [0.25, 0.3) is 0 Å². The molecule has 0 aliphatic heterocycles. The summed E-state index contributed by atoms with van der Waals surface area (Å²) in [5.74, 6) is 0.196. The Labute approximate surface area is 80.0 Å². The fraction of sp³-hybridized carbons (Fsp3) is 0.111. The second-order valence-corrected chi connectivity index (χ2v) is 2.89. The number of hydrogen-bond acceptors (Lipinski definition) is 3. The van der Waals surface area contributed by atoms with Gasteiger partial charge in [0.15, 0.2) is 0 Å². The first-order chi connectivity index (χ1) is 6.77. The predicted octanol–water partition coefficient (Wildman–Crippen LogP) is 0.992. The molecule has 14 heavy (non-hydrogen) atoms. The standard InChI is InChI=1S/C9H9FN4/c10-7-3-6(4-12-5-7)8(11)9-13-1-2-14-9/h1-5,8H,11H2,(H,13,14). The van der Waals surface area contributed by atoms with Crippen molar-refractivity contribution >= 4 is 0 Å². The van der Waals surface area contributed by atoms with Gasteiger partial charge in [-0.1, -0.05) is 0 Å². The number of nitrogens with one attached hydrogen (secondary N) is 1. The van der Waals surface area contributed by atoms with Gasteiger partial charge >= 0.3 is 0 Å². The number of nitrogens with two attached hydrogens (primary N) is 1. The van der Waals surface area contributed by atoms with E-state index in [0.29, 0.717) is 11.4 Å². The molecule has 1 atom stereocenters. The average molecular weight is 192 g/mol. The Morgan fingerprint density at radius 1 is 1.43 bits per heavy atom. The summed E-state index contributed by atoms with van der Waals surface area (Å²) in [6.45, 7) is 0. The molecule has 0 saturated heterocycles. The van der Waals surface area contributed by atoms with Gasteiger partial charge in [0.2, 0.25) is 0 Å². The summed E-state index contributed by atoms with van der Waals surface area (Å²) in [5.41, 5.74) is 6.43. The molecule has 0 aliphatic carbocycles. The molecule has 72 valence electrons. The first kappa shape index (κ1) is 8.83. The van der Waals surface area contributed by atoms with Crippen LogP contribution < -0.4 is 5.73 Å². The van der Waals surface area contributed by atoms with Crippen molar-refractivity contribution in [2.45, 2.75) is 6.04 Å². The maximum absolute atomic E-state index is 12.8. The fourth-order valence-corrected chi connectivity index (χ4v) is 1.20. The number of H-pyrrole nitrogens is 1. The number of hydrogen-bond donors (Lipinski definition) is 2. The Hall–Kier alpha value is -1.75. The molecule has 0 bridgehead atoms. The van der Waals surface area contributed by atoms with Gasteiger partial charge in [-0.15, -0.1) is 0 Å². The van der Waals surface area contributed by atoms with Crippen molar-refractivity contribution in [3.63, 3.8) is 0 Å². The van der Waals surface area contributed by atoms with Crippen molar-refractivity contribution in [2.24, 2.45) is 5.73 Å². The second-order valence-electron chi connectivity index (χ2n) is 2.89. The highest BCUT2D eigenvalue weighted by molar-refractivity contribution is 5.21. The van der Waals surface area contributed by atoms with Crippen LogP contribution in [-0.2, 0) is 0 Å². The molecular formula is C9H9FN4. The number of nitrogens with zero attached hydrogens (tertiary/aromatic N) is 2. The van der Waals surface area contributed by atoms with Gasteiger partial charge in [-0.05, 0) is 11.6 Å². The van der Waals surface area contributed by atoms with Gasteiger partial charge in [-0.2, -0.15) is 0 Å². The minimum absolute atomic E-state index is 0.399. The van der Waals surface area contributed by atoms with Crippen molar-refractivity contribution in [1.29, 1.82) is 0 Å². The van der Waals surface area contributed by atoms with Crippen LogP contribution in [0.5, 0.6) is 0 Å². The van der Waals surface area contributed by atoms with Crippen molar-refractivity contribution in [3.8, 4) is 0 Å². The first-order valence-corrected chi connectivity index (χ1v) is 4.12. The van der Waals surface area contributed by atoms with Gasteiger partial charge in [0.05, 0.1) is 12.2 Å². The molecule has 3 N–H and O–H groups in total. The molecule has 1 unspecified atom stereocenters. The molecule has 0 amide bonds. The van der Waals surface area contributed by atoms with E-state index in [-0.39, 0.29) is 0 Å². The van der Waals surface area contributed by atoms with Crippen LogP contribution in [0, 0.1) is 5.82 Å². The molecule has 2 aromatic heterocycles. The van der Waals surface area contributed by atoms with Crippen LogP contribution in [0.4, 0.5) is 4.39 Å². The smallest absolute Gasteiger partial charge is 0.141 e. The molecule has 0 radical (unpaired) electrons. The van der Waals surface area contributed by atoms with E-state index in [1.807, 2.05) is 0 Å².